The minimum Gasteiger partial charge on any atom is -0.466 e. The van der Waals surface area contributed by atoms with Crippen LogP contribution in [-0.2, 0) is 23.8 Å². The quantitative estimate of drug-likeness (QED) is 0.0352. The molecule has 0 N–H and O–H groups in total. The smallest absolute Gasteiger partial charge is 0.410 e. The molecule has 0 bridgehead atoms. The van der Waals surface area contributed by atoms with Gasteiger partial charge in [0.15, 0.2) is 0 Å². The van der Waals surface area contributed by atoms with E-state index in [9.17, 15) is 14.4 Å². The summed E-state index contributed by atoms with van der Waals surface area (Å²) < 4.78 is 16.6. The summed E-state index contributed by atoms with van der Waals surface area (Å²) in [4.78, 5) is 41.8. The molecule has 0 aromatic rings. The number of nitrogens with zero attached hydrogens (tertiary/aromatic N) is 2. The molecule has 0 fully saturated rings. The number of carbonyl (C=O) groups is 3. The summed E-state index contributed by atoms with van der Waals surface area (Å²) in [5.41, 5.74) is 0. The third-order valence-corrected chi connectivity index (χ3v) is 10.0. The molecule has 0 heterocycles. The molecule has 0 aliphatic heterocycles. The Bertz CT molecular complexity index is 808. The Hall–Kier alpha value is -1.83. The molecule has 52 heavy (non-hydrogen) atoms. The Balaban J connectivity index is 4.26. The minimum atomic E-state index is -1.12. The Morgan fingerprint density at radius 1 is 0.462 bits per heavy atom. The molecular weight excluding hydrogens is 652 g/mol. The van der Waals surface area contributed by atoms with E-state index >= 15 is 0 Å². The van der Waals surface area contributed by atoms with Crippen LogP contribution in [0.15, 0.2) is 0 Å². The summed E-state index contributed by atoms with van der Waals surface area (Å²) in [6, 6.07) is 0. The zero-order chi connectivity index (χ0) is 38.3. The highest BCUT2D eigenvalue weighted by atomic mass is 16.6. The number of esters is 2. The van der Waals surface area contributed by atoms with Gasteiger partial charge in [-0.15, -0.1) is 0 Å². The second-order valence-electron chi connectivity index (χ2n) is 15.6. The largest absolute Gasteiger partial charge is 0.466 e. The van der Waals surface area contributed by atoms with Gasteiger partial charge in [0.25, 0.3) is 0 Å². The molecule has 0 aliphatic rings. The van der Waals surface area contributed by atoms with E-state index in [1.165, 1.54) is 153 Å². The van der Waals surface area contributed by atoms with Crippen molar-refractivity contribution < 1.29 is 28.6 Å². The van der Waals surface area contributed by atoms with Crippen LogP contribution in [0.3, 0.4) is 0 Å². The van der Waals surface area contributed by atoms with Crippen LogP contribution in [0.1, 0.15) is 213 Å². The maximum Gasteiger partial charge on any atom is 0.410 e. The van der Waals surface area contributed by atoms with Crippen molar-refractivity contribution in [2.45, 2.75) is 219 Å². The predicted octanol–water partition coefficient (Wildman–Crippen LogP) is 12.2. The van der Waals surface area contributed by atoms with E-state index in [1.807, 2.05) is 14.1 Å². The first kappa shape index (κ1) is 50.2. The molecule has 0 saturated carbocycles. The van der Waals surface area contributed by atoms with Gasteiger partial charge in [-0.25, -0.2) is 9.59 Å². The van der Waals surface area contributed by atoms with Crippen molar-refractivity contribution in [3.63, 3.8) is 0 Å². The van der Waals surface area contributed by atoms with Crippen LogP contribution in [0.25, 0.3) is 0 Å². The average molecular weight is 739 g/mol. The number of amides is 1. The van der Waals surface area contributed by atoms with Gasteiger partial charge in [0.05, 0.1) is 13.2 Å². The van der Waals surface area contributed by atoms with Gasteiger partial charge in [-0.05, 0) is 39.9 Å². The molecule has 0 aliphatic carbocycles. The number of unbranched alkanes of at least 4 members (excludes halogenated alkanes) is 26. The molecule has 0 saturated heterocycles. The highest BCUT2D eigenvalue weighted by Crippen LogP contribution is 2.15. The fourth-order valence-electron chi connectivity index (χ4n) is 6.52. The summed E-state index contributed by atoms with van der Waals surface area (Å²) in [5.74, 6) is -0.945. The number of rotatable bonds is 39. The van der Waals surface area contributed by atoms with Gasteiger partial charge in [-0.2, -0.15) is 0 Å². The standard InChI is InChI=1S/C44H86N2O6/c1-6-8-10-12-14-16-18-20-22-24-26-28-30-32-39-50-42(47)36-35-41(52-44(49)46(5)38-34-37-45(3)4)43(48)51-40-33-31-29-27-25-23-21-19-17-15-13-11-9-7-2/h41H,6-40H2,1-5H3. The predicted molar refractivity (Wildman–Crippen MR) is 218 cm³/mol. The lowest BCUT2D eigenvalue weighted by molar-refractivity contribution is -0.155. The molecule has 1 unspecified atom stereocenters. The molecule has 0 radical (unpaired) electrons. The lowest BCUT2D eigenvalue weighted by atomic mass is 10.0. The van der Waals surface area contributed by atoms with Crippen molar-refractivity contribution in [2.24, 2.45) is 0 Å². The first-order valence-electron chi connectivity index (χ1n) is 22.2. The van der Waals surface area contributed by atoms with E-state index in [0.29, 0.717) is 19.8 Å². The van der Waals surface area contributed by atoms with Crippen LogP contribution in [0.2, 0.25) is 0 Å². The lowest BCUT2D eigenvalue weighted by Crippen LogP contribution is -2.37. The van der Waals surface area contributed by atoms with Crippen molar-refractivity contribution in [2.75, 3.05) is 47.4 Å². The first-order valence-corrected chi connectivity index (χ1v) is 22.2. The number of hydrogen-bond acceptors (Lipinski definition) is 7. The average Bonchev–Trinajstić information content (AvgIpc) is 3.12. The van der Waals surface area contributed by atoms with Gasteiger partial charge in [0.1, 0.15) is 0 Å². The summed E-state index contributed by atoms with van der Waals surface area (Å²) in [5, 5.41) is 0. The van der Waals surface area contributed by atoms with Gasteiger partial charge in [0.2, 0.25) is 6.10 Å². The fourth-order valence-corrected chi connectivity index (χ4v) is 6.52. The van der Waals surface area contributed by atoms with Crippen LogP contribution >= 0.6 is 0 Å². The van der Waals surface area contributed by atoms with E-state index in [-0.39, 0.29) is 18.8 Å². The van der Waals surface area contributed by atoms with Crippen LogP contribution < -0.4 is 0 Å². The van der Waals surface area contributed by atoms with Gasteiger partial charge in [-0.1, -0.05) is 181 Å². The number of ether oxygens (including phenoxy) is 3. The SMILES string of the molecule is CCCCCCCCCCCCCCCCOC(=O)CCC(OC(=O)N(C)CCCN(C)C)C(=O)OCCCCCCCCCCCCCCCC. The molecule has 0 spiro atoms. The maximum atomic E-state index is 13.0. The topological polar surface area (TPSA) is 85.4 Å². The molecule has 8 nitrogen and oxygen atoms in total. The first-order chi connectivity index (χ1) is 25.3. The molecule has 308 valence electrons. The van der Waals surface area contributed by atoms with Crippen molar-refractivity contribution in [1.29, 1.82) is 0 Å². The maximum absolute atomic E-state index is 13.0. The molecule has 0 aromatic carbocycles. The van der Waals surface area contributed by atoms with Crippen LogP contribution in [0.4, 0.5) is 4.79 Å². The molecule has 1 atom stereocenters. The van der Waals surface area contributed by atoms with Crippen molar-refractivity contribution >= 4 is 18.0 Å². The van der Waals surface area contributed by atoms with Crippen molar-refractivity contribution in [3.05, 3.63) is 0 Å². The highest BCUT2D eigenvalue weighted by Gasteiger charge is 2.27. The van der Waals surface area contributed by atoms with Gasteiger partial charge >= 0.3 is 18.0 Å². The third kappa shape index (κ3) is 35.2. The Labute approximate surface area is 322 Å². The number of hydrogen-bond donors (Lipinski definition) is 0. The summed E-state index contributed by atoms with van der Waals surface area (Å²) >= 11 is 0. The van der Waals surface area contributed by atoms with E-state index in [1.54, 1.807) is 7.05 Å². The van der Waals surface area contributed by atoms with Crippen LogP contribution in [-0.4, -0.2) is 81.4 Å². The van der Waals surface area contributed by atoms with E-state index < -0.39 is 18.2 Å². The Kier molecular flexibility index (Phi) is 37.5. The fraction of sp³-hybridized carbons (Fsp3) is 0.932. The summed E-state index contributed by atoms with van der Waals surface area (Å²) in [6.45, 7) is 6.57. The monoisotopic (exact) mass is 739 g/mol. The van der Waals surface area contributed by atoms with E-state index in [4.69, 9.17) is 14.2 Å². The summed E-state index contributed by atoms with van der Waals surface area (Å²) in [7, 11) is 5.64. The molecule has 0 rings (SSSR count). The third-order valence-electron chi connectivity index (χ3n) is 10.0. The molecule has 0 aromatic heterocycles. The molecule has 8 heteroatoms. The van der Waals surface area contributed by atoms with E-state index in [2.05, 4.69) is 18.7 Å². The molecular formula is C44H86N2O6. The van der Waals surface area contributed by atoms with E-state index in [0.717, 1.165) is 45.1 Å². The van der Waals surface area contributed by atoms with Crippen LogP contribution in [0, 0.1) is 0 Å². The normalized spacial score (nSPS) is 11.9. The zero-order valence-corrected chi connectivity index (χ0v) is 35.2. The minimum absolute atomic E-state index is 0.00878. The second-order valence-corrected chi connectivity index (χ2v) is 15.6. The summed E-state index contributed by atoms with van der Waals surface area (Å²) in [6.07, 6.45) is 34.7. The van der Waals surface area contributed by atoms with Crippen molar-refractivity contribution in [3.8, 4) is 0 Å². The van der Waals surface area contributed by atoms with Gasteiger partial charge in [-0.3, -0.25) is 4.79 Å². The molecule has 1 amide bonds. The zero-order valence-electron chi connectivity index (χ0n) is 35.2. The van der Waals surface area contributed by atoms with Gasteiger partial charge in [0, 0.05) is 26.4 Å². The second kappa shape index (κ2) is 38.9. The highest BCUT2D eigenvalue weighted by molar-refractivity contribution is 5.79. The van der Waals surface area contributed by atoms with Crippen LogP contribution in [0.5, 0.6) is 0 Å². The lowest BCUT2D eigenvalue weighted by Gasteiger charge is -2.22. The van der Waals surface area contributed by atoms with Gasteiger partial charge < -0.3 is 24.0 Å². The Morgan fingerprint density at radius 3 is 1.21 bits per heavy atom. The number of carbonyl (C=O) groups excluding carboxylic acids is 3. The van der Waals surface area contributed by atoms with Crippen molar-refractivity contribution in [1.82, 2.24) is 9.80 Å². The Morgan fingerprint density at radius 2 is 0.827 bits per heavy atom.